The summed E-state index contributed by atoms with van der Waals surface area (Å²) in [6.07, 6.45) is 0.928. The molecule has 1 amide bonds. The number of carbonyl (C=O) groups is 1. The van der Waals surface area contributed by atoms with Gasteiger partial charge in [0.05, 0.1) is 6.54 Å². The van der Waals surface area contributed by atoms with E-state index in [-0.39, 0.29) is 18.3 Å². The predicted octanol–water partition coefficient (Wildman–Crippen LogP) is 3.19. The van der Waals surface area contributed by atoms with Crippen LogP contribution in [-0.2, 0) is 17.8 Å². The lowest BCUT2D eigenvalue weighted by atomic mass is 10.1. The molecule has 110 valence electrons. The molecule has 1 aliphatic rings. The van der Waals surface area contributed by atoms with Crippen molar-refractivity contribution in [2.24, 2.45) is 0 Å². The largest absolute Gasteiger partial charge is 0.376 e. The molecule has 1 aliphatic heterocycles. The minimum Gasteiger partial charge on any atom is -0.376 e. The Hall–Kier alpha value is -1.88. The predicted molar refractivity (Wildman–Crippen MR) is 83.1 cm³/mol. The van der Waals surface area contributed by atoms with Crippen LogP contribution in [0.3, 0.4) is 0 Å². The van der Waals surface area contributed by atoms with Crippen LogP contribution in [0, 0.1) is 12.7 Å². The molecule has 0 radical (unpaired) electrons. The third-order valence-electron chi connectivity index (χ3n) is 3.78. The van der Waals surface area contributed by atoms with Gasteiger partial charge < -0.3 is 10.2 Å². The second-order valence-corrected chi connectivity index (χ2v) is 6.25. The zero-order valence-electron chi connectivity index (χ0n) is 11.9. The second-order valence-electron chi connectivity index (χ2n) is 5.25. The van der Waals surface area contributed by atoms with Gasteiger partial charge in [0, 0.05) is 23.7 Å². The van der Waals surface area contributed by atoms with Gasteiger partial charge in [0.2, 0.25) is 5.91 Å². The van der Waals surface area contributed by atoms with Crippen molar-refractivity contribution in [3.8, 4) is 0 Å². The second kappa shape index (κ2) is 5.85. The number of hydrogen-bond donors (Lipinski definition) is 1. The van der Waals surface area contributed by atoms with E-state index in [1.54, 1.807) is 30.4 Å². The summed E-state index contributed by atoms with van der Waals surface area (Å²) >= 11 is 1.76. The van der Waals surface area contributed by atoms with E-state index in [2.05, 4.69) is 16.8 Å². The molecule has 3 nitrogen and oxygen atoms in total. The molecule has 1 aromatic heterocycles. The zero-order valence-corrected chi connectivity index (χ0v) is 12.7. The first-order chi connectivity index (χ1) is 10.1. The highest BCUT2D eigenvalue weighted by Gasteiger charge is 2.21. The molecule has 0 saturated carbocycles. The first-order valence-electron chi connectivity index (χ1n) is 6.96. The monoisotopic (exact) mass is 304 g/mol. The van der Waals surface area contributed by atoms with Crippen LogP contribution < -0.4 is 5.32 Å². The van der Waals surface area contributed by atoms with Crippen LogP contribution >= 0.6 is 11.3 Å². The van der Waals surface area contributed by atoms with E-state index in [9.17, 15) is 9.18 Å². The van der Waals surface area contributed by atoms with Crippen LogP contribution in [0.2, 0.25) is 0 Å². The highest BCUT2D eigenvalue weighted by molar-refractivity contribution is 7.10. The lowest BCUT2D eigenvalue weighted by Crippen LogP contribution is -2.38. The fourth-order valence-electron chi connectivity index (χ4n) is 2.45. The molecule has 0 fully saturated rings. The van der Waals surface area contributed by atoms with Crippen LogP contribution in [0.5, 0.6) is 0 Å². The summed E-state index contributed by atoms with van der Waals surface area (Å²) in [5.41, 5.74) is 2.49. The van der Waals surface area contributed by atoms with E-state index in [1.807, 2.05) is 4.90 Å². The summed E-state index contributed by atoms with van der Waals surface area (Å²) in [6.45, 7) is 3.36. The number of fused-ring (bicyclic) bond motifs is 1. The fraction of sp³-hybridized carbons (Fsp3) is 0.312. The number of thiophene rings is 1. The maximum atomic E-state index is 13.5. The summed E-state index contributed by atoms with van der Waals surface area (Å²) in [4.78, 5) is 15.5. The standard InChI is InChI=1S/C16H17FN2OS/c1-11-2-3-13(8-14(11)17)18-9-16(20)19-6-4-15-12(10-19)5-7-21-15/h2-3,5,7-8,18H,4,6,9-10H2,1H3. The Morgan fingerprint density at radius 2 is 2.29 bits per heavy atom. The Labute approximate surface area is 127 Å². The van der Waals surface area contributed by atoms with Crippen molar-refractivity contribution in [3.05, 3.63) is 51.5 Å². The van der Waals surface area contributed by atoms with Crippen LogP contribution in [0.4, 0.5) is 10.1 Å². The minimum atomic E-state index is -0.256. The van der Waals surface area contributed by atoms with E-state index >= 15 is 0 Å². The van der Waals surface area contributed by atoms with Crippen molar-refractivity contribution in [3.63, 3.8) is 0 Å². The van der Waals surface area contributed by atoms with Gasteiger partial charge in [-0.05, 0) is 48.1 Å². The summed E-state index contributed by atoms with van der Waals surface area (Å²) in [5, 5.41) is 5.07. The lowest BCUT2D eigenvalue weighted by Gasteiger charge is -2.27. The normalized spacial score (nSPS) is 13.9. The molecule has 0 atom stereocenters. The molecule has 1 aromatic carbocycles. The smallest absolute Gasteiger partial charge is 0.242 e. The first kappa shape index (κ1) is 14.1. The number of nitrogens with zero attached hydrogens (tertiary/aromatic N) is 1. The Kier molecular flexibility index (Phi) is 3.92. The number of benzene rings is 1. The van der Waals surface area contributed by atoms with Gasteiger partial charge in [-0.25, -0.2) is 4.39 Å². The Bertz CT molecular complexity index is 668. The van der Waals surface area contributed by atoms with Crippen molar-refractivity contribution in [2.45, 2.75) is 19.9 Å². The maximum Gasteiger partial charge on any atom is 0.242 e. The third kappa shape index (κ3) is 3.08. The first-order valence-corrected chi connectivity index (χ1v) is 7.84. The molecule has 5 heteroatoms. The van der Waals surface area contributed by atoms with Gasteiger partial charge >= 0.3 is 0 Å². The SMILES string of the molecule is Cc1ccc(NCC(=O)N2CCc3sccc3C2)cc1F. The Balaban J connectivity index is 1.58. The van der Waals surface area contributed by atoms with Crippen molar-refractivity contribution in [1.82, 2.24) is 4.90 Å². The highest BCUT2D eigenvalue weighted by atomic mass is 32.1. The molecule has 2 heterocycles. The molecule has 0 aliphatic carbocycles. The molecule has 0 bridgehead atoms. The van der Waals surface area contributed by atoms with Gasteiger partial charge in [0.1, 0.15) is 5.82 Å². The summed E-state index contributed by atoms with van der Waals surface area (Å²) in [5.74, 6) is -0.207. The van der Waals surface area contributed by atoms with Gasteiger partial charge in [-0.1, -0.05) is 6.07 Å². The number of nitrogens with one attached hydrogen (secondary N) is 1. The quantitative estimate of drug-likeness (QED) is 0.944. The molecular weight excluding hydrogens is 287 g/mol. The van der Waals surface area contributed by atoms with Crippen molar-refractivity contribution in [1.29, 1.82) is 0 Å². The van der Waals surface area contributed by atoms with E-state index in [0.717, 1.165) is 13.0 Å². The highest BCUT2D eigenvalue weighted by Crippen LogP contribution is 2.24. The molecule has 1 N–H and O–H groups in total. The summed E-state index contributed by atoms with van der Waals surface area (Å²) in [7, 11) is 0. The molecule has 0 spiro atoms. The summed E-state index contributed by atoms with van der Waals surface area (Å²) in [6, 6.07) is 7.01. The van der Waals surface area contributed by atoms with Gasteiger partial charge in [-0.15, -0.1) is 11.3 Å². The minimum absolute atomic E-state index is 0.0489. The topological polar surface area (TPSA) is 32.3 Å². The molecule has 0 unspecified atom stereocenters. The van der Waals surface area contributed by atoms with Crippen LogP contribution in [0.1, 0.15) is 16.0 Å². The number of aryl methyl sites for hydroxylation is 1. The average Bonchev–Trinajstić information content (AvgIpc) is 2.95. The van der Waals surface area contributed by atoms with Gasteiger partial charge in [0.15, 0.2) is 0 Å². The maximum absolute atomic E-state index is 13.5. The number of carbonyl (C=O) groups excluding carboxylic acids is 1. The molecular formula is C16H17FN2OS. The molecule has 0 saturated heterocycles. The van der Waals surface area contributed by atoms with Crippen molar-refractivity contribution < 1.29 is 9.18 Å². The van der Waals surface area contributed by atoms with Gasteiger partial charge in [0.25, 0.3) is 0 Å². The molecule has 3 rings (SSSR count). The number of rotatable bonds is 3. The average molecular weight is 304 g/mol. The number of hydrogen-bond acceptors (Lipinski definition) is 3. The van der Waals surface area contributed by atoms with E-state index in [4.69, 9.17) is 0 Å². The Morgan fingerprint density at radius 3 is 3.10 bits per heavy atom. The number of halogens is 1. The lowest BCUT2D eigenvalue weighted by molar-refractivity contribution is -0.130. The van der Waals surface area contributed by atoms with Crippen molar-refractivity contribution >= 4 is 22.9 Å². The van der Waals surface area contributed by atoms with E-state index in [0.29, 0.717) is 17.8 Å². The zero-order chi connectivity index (χ0) is 14.8. The number of amides is 1. The Morgan fingerprint density at radius 1 is 1.43 bits per heavy atom. The molecule has 21 heavy (non-hydrogen) atoms. The van der Waals surface area contributed by atoms with Crippen LogP contribution in [0.25, 0.3) is 0 Å². The van der Waals surface area contributed by atoms with Gasteiger partial charge in [-0.2, -0.15) is 0 Å². The molecule has 2 aromatic rings. The number of anilines is 1. The van der Waals surface area contributed by atoms with Crippen LogP contribution in [0.15, 0.2) is 29.6 Å². The van der Waals surface area contributed by atoms with Crippen molar-refractivity contribution in [2.75, 3.05) is 18.4 Å². The van der Waals surface area contributed by atoms with Crippen LogP contribution in [-0.4, -0.2) is 23.9 Å². The van der Waals surface area contributed by atoms with Gasteiger partial charge in [-0.3, -0.25) is 4.79 Å². The van der Waals surface area contributed by atoms with E-state index < -0.39 is 0 Å². The van der Waals surface area contributed by atoms with E-state index in [1.165, 1.54) is 16.5 Å². The fourth-order valence-corrected chi connectivity index (χ4v) is 3.34. The summed E-state index contributed by atoms with van der Waals surface area (Å²) < 4.78 is 13.5. The third-order valence-corrected chi connectivity index (χ3v) is 4.80.